The highest BCUT2D eigenvalue weighted by Crippen LogP contribution is 2.29. The van der Waals surface area contributed by atoms with Gasteiger partial charge in [-0.3, -0.25) is 4.79 Å². The molecule has 0 unspecified atom stereocenters. The molecule has 0 spiro atoms. The zero-order valence-electron chi connectivity index (χ0n) is 8.64. The smallest absolute Gasteiger partial charge is 0.201 e. The largest absolute Gasteiger partial charge is 0.463 e. The van der Waals surface area contributed by atoms with Crippen molar-refractivity contribution in [3.63, 3.8) is 0 Å². The highest BCUT2D eigenvalue weighted by atomic mass is 35.5. The van der Waals surface area contributed by atoms with Crippen LogP contribution in [0.2, 0.25) is 4.34 Å². The molecule has 2 heterocycles. The Bertz CT molecular complexity index is 742. The van der Waals surface area contributed by atoms with Crippen LogP contribution < -0.4 is 5.43 Å². The molecule has 3 rings (SSSR count). The number of thiophene rings is 1. The maximum Gasteiger partial charge on any atom is 0.201 e. The lowest BCUT2D eigenvalue weighted by Crippen LogP contribution is -2.03. The Balaban J connectivity index is 2.32. The van der Waals surface area contributed by atoms with Gasteiger partial charge in [-0.15, -0.1) is 11.3 Å². The maximum absolute atomic E-state index is 12.2. The first kappa shape index (κ1) is 10.6. The third kappa shape index (κ3) is 1.77. The number of hydrogen-bond donors (Lipinski definition) is 0. The van der Waals surface area contributed by atoms with Gasteiger partial charge in [0, 0.05) is 4.88 Å². The molecule has 0 saturated heterocycles. The summed E-state index contributed by atoms with van der Waals surface area (Å²) in [4.78, 5) is 13.1. The normalized spacial score (nSPS) is 10.9. The van der Waals surface area contributed by atoms with Crippen LogP contribution in [0.4, 0.5) is 0 Å². The van der Waals surface area contributed by atoms with Gasteiger partial charge in [0.25, 0.3) is 0 Å². The Hall–Kier alpha value is -1.58. The Morgan fingerprint density at radius 2 is 1.94 bits per heavy atom. The second-order valence-electron chi connectivity index (χ2n) is 3.58. The minimum atomic E-state index is -0.0228. The average molecular weight is 263 g/mol. The summed E-state index contributed by atoms with van der Waals surface area (Å²) in [5.41, 5.74) is 1.13. The van der Waals surface area contributed by atoms with Crippen molar-refractivity contribution in [2.45, 2.75) is 0 Å². The van der Waals surface area contributed by atoms with Crippen molar-refractivity contribution in [3.05, 3.63) is 57.2 Å². The standard InChI is InChI=1S/C13H7ClO2S/c14-12-6-5-11(17-12)9-7-16-10-4-2-1-3-8(10)13(9)15/h1-7H. The Morgan fingerprint density at radius 1 is 1.12 bits per heavy atom. The summed E-state index contributed by atoms with van der Waals surface area (Å²) in [6, 6.07) is 10.8. The third-order valence-corrected chi connectivity index (χ3v) is 3.78. The topological polar surface area (TPSA) is 30.2 Å². The molecule has 0 N–H and O–H groups in total. The van der Waals surface area contributed by atoms with Gasteiger partial charge in [0.05, 0.1) is 15.3 Å². The van der Waals surface area contributed by atoms with Gasteiger partial charge >= 0.3 is 0 Å². The van der Waals surface area contributed by atoms with E-state index < -0.39 is 0 Å². The van der Waals surface area contributed by atoms with Crippen LogP contribution in [0.5, 0.6) is 0 Å². The van der Waals surface area contributed by atoms with Crippen molar-refractivity contribution in [1.29, 1.82) is 0 Å². The van der Waals surface area contributed by atoms with Gasteiger partial charge < -0.3 is 4.42 Å². The van der Waals surface area contributed by atoms with E-state index in [4.69, 9.17) is 16.0 Å². The van der Waals surface area contributed by atoms with E-state index in [2.05, 4.69) is 0 Å². The predicted octanol–water partition coefficient (Wildman–Crippen LogP) is 4.17. The lowest BCUT2D eigenvalue weighted by molar-refractivity contribution is 0.605. The average Bonchev–Trinajstić information content (AvgIpc) is 2.77. The summed E-state index contributed by atoms with van der Waals surface area (Å²) in [6.45, 7) is 0. The molecule has 17 heavy (non-hydrogen) atoms. The van der Waals surface area contributed by atoms with Gasteiger partial charge in [0.15, 0.2) is 0 Å². The molecule has 3 aromatic rings. The van der Waals surface area contributed by atoms with Crippen molar-refractivity contribution < 1.29 is 4.42 Å². The van der Waals surface area contributed by atoms with E-state index in [9.17, 15) is 4.79 Å². The van der Waals surface area contributed by atoms with E-state index in [0.717, 1.165) is 4.88 Å². The first-order valence-corrected chi connectivity index (χ1v) is 6.21. The summed E-state index contributed by atoms with van der Waals surface area (Å²) in [5.74, 6) is 0. The number of rotatable bonds is 1. The molecule has 2 aromatic heterocycles. The van der Waals surface area contributed by atoms with Crippen LogP contribution in [0, 0.1) is 0 Å². The van der Waals surface area contributed by atoms with E-state index in [1.807, 2.05) is 18.2 Å². The maximum atomic E-state index is 12.2. The van der Waals surface area contributed by atoms with Crippen LogP contribution in [0.25, 0.3) is 21.4 Å². The molecule has 4 heteroatoms. The molecular weight excluding hydrogens is 256 g/mol. The summed E-state index contributed by atoms with van der Waals surface area (Å²) in [6.07, 6.45) is 1.49. The Morgan fingerprint density at radius 3 is 2.71 bits per heavy atom. The molecule has 0 bridgehead atoms. The highest BCUT2D eigenvalue weighted by Gasteiger charge is 2.10. The zero-order valence-corrected chi connectivity index (χ0v) is 10.2. The molecule has 0 radical (unpaired) electrons. The van der Waals surface area contributed by atoms with E-state index in [1.165, 1.54) is 17.6 Å². The van der Waals surface area contributed by atoms with Crippen molar-refractivity contribution in [2.75, 3.05) is 0 Å². The number of hydrogen-bond acceptors (Lipinski definition) is 3. The first-order valence-electron chi connectivity index (χ1n) is 5.02. The quantitative estimate of drug-likeness (QED) is 0.659. The fourth-order valence-corrected chi connectivity index (χ4v) is 2.75. The monoisotopic (exact) mass is 262 g/mol. The molecule has 0 aliphatic rings. The summed E-state index contributed by atoms with van der Waals surface area (Å²) in [7, 11) is 0. The lowest BCUT2D eigenvalue weighted by Gasteiger charge is -1.99. The highest BCUT2D eigenvalue weighted by molar-refractivity contribution is 7.19. The van der Waals surface area contributed by atoms with Crippen LogP contribution in [0.1, 0.15) is 0 Å². The van der Waals surface area contributed by atoms with Crippen molar-refractivity contribution in [1.82, 2.24) is 0 Å². The van der Waals surface area contributed by atoms with Gasteiger partial charge in [0.1, 0.15) is 11.8 Å². The number of benzene rings is 1. The molecular formula is C13H7ClO2S. The molecule has 84 valence electrons. The van der Waals surface area contributed by atoms with Crippen LogP contribution in [0.3, 0.4) is 0 Å². The number of halogens is 1. The molecule has 0 aliphatic heterocycles. The molecule has 0 saturated carbocycles. The Kier molecular flexibility index (Phi) is 2.50. The van der Waals surface area contributed by atoms with Crippen LogP contribution in [-0.4, -0.2) is 0 Å². The fraction of sp³-hybridized carbons (Fsp3) is 0. The molecule has 0 aliphatic carbocycles. The third-order valence-electron chi connectivity index (χ3n) is 2.52. The summed E-state index contributed by atoms with van der Waals surface area (Å²) in [5, 5.41) is 0.592. The first-order chi connectivity index (χ1) is 8.25. The van der Waals surface area contributed by atoms with E-state index in [-0.39, 0.29) is 5.43 Å². The fourth-order valence-electron chi connectivity index (χ4n) is 1.71. The van der Waals surface area contributed by atoms with Gasteiger partial charge in [-0.1, -0.05) is 23.7 Å². The van der Waals surface area contributed by atoms with Gasteiger partial charge in [0.2, 0.25) is 5.43 Å². The van der Waals surface area contributed by atoms with Crippen molar-refractivity contribution >= 4 is 33.9 Å². The minimum Gasteiger partial charge on any atom is -0.463 e. The molecule has 0 atom stereocenters. The van der Waals surface area contributed by atoms with E-state index in [0.29, 0.717) is 20.9 Å². The predicted molar refractivity (Wildman–Crippen MR) is 70.8 cm³/mol. The molecule has 0 fully saturated rings. The minimum absolute atomic E-state index is 0.0228. The van der Waals surface area contributed by atoms with Crippen molar-refractivity contribution in [2.24, 2.45) is 0 Å². The lowest BCUT2D eigenvalue weighted by atomic mass is 10.1. The van der Waals surface area contributed by atoms with E-state index >= 15 is 0 Å². The van der Waals surface area contributed by atoms with Gasteiger partial charge in [-0.25, -0.2) is 0 Å². The van der Waals surface area contributed by atoms with Gasteiger partial charge in [-0.05, 0) is 24.3 Å². The van der Waals surface area contributed by atoms with Gasteiger partial charge in [-0.2, -0.15) is 0 Å². The second-order valence-corrected chi connectivity index (χ2v) is 5.29. The second kappa shape index (κ2) is 4.02. The number of fused-ring (bicyclic) bond motifs is 1. The summed E-state index contributed by atoms with van der Waals surface area (Å²) >= 11 is 7.24. The molecule has 0 amide bonds. The number of para-hydroxylation sites is 1. The van der Waals surface area contributed by atoms with Crippen LogP contribution >= 0.6 is 22.9 Å². The molecule has 2 nitrogen and oxygen atoms in total. The Labute approximate surface area is 106 Å². The van der Waals surface area contributed by atoms with E-state index in [1.54, 1.807) is 18.2 Å². The molecule has 1 aromatic carbocycles. The van der Waals surface area contributed by atoms with Crippen LogP contribution in [-0.2, 0) is 0 Å². The zero-order chi connectivity index (χ0) is 11.8. The summed E-state index contributed by atoms with van der Waals surface area (Å²) < 4.78 is 6.11. The van der Waals surface area contributed by atoms with Crippen LogP contribution in [0.15, 0.2) is 51.9 Å². The SMILES string of the molecule is O=c1c(-c2ccc(Cl)s2)coc2ccccc12. The van der Waals surface area contributed by atoms with Crippen molar-refractivity contribution in [3.8, 4) is 10.4 Å².